The highest BCUT2D eigenvalue weighted by Gasteiger charge is 2.41. The molecular formula is C8H16N2O2. The molecule has 0 aromatic rings. The fraction of sp³-hybridized carbons (Fsp3) is 0.875. The maximum Gasteiger partial charge on any atom is 0.305 e. The molecule has 0 aromatic heterocycles. The van der Waals surface area contributed by atoms with E-state index in [9.17, 15) is 4.79 Å². The molecule has 1 aliphatic rings. The van der Waals surface area contributed by atoms with Gasteiger partial charge in [-0.3, -0.25) is 4.79 Å². The van der Waals surface area contributed by atoms with Gasteiger partial charge in [-0.05, 0) is 20.4 Å². The van der Waals surface area contributed by atoms with Crippen LogP contribution in [0.5, 0.6) is 0 Å². The normalized spacial score (nSPS) is 37.1. The lowest BCUT2D eigenvalue weighted by Gasteiger charge is -2.29. The number of rotatable bonds is 2. The summed E-state index contributed by atoms with van der Waals surface area (Å²) in [5.41, 5.74) is 5.44. The Bertz CT molecular complexity index is 195. The van der Waals surface area contributed by atoms with Crippen LogP contribution in [0.25, 0.3) is 0 Å². The molecule has 0 aromatic carbocycles. The van der Waals surface area contributed by atoms with Crippen LogP contribution in [0.15, 0.2) is 0 Å². The predicted octanol–water partition coefficient (Wildman–Crippen LogP) is -0.117. The molecule has 0 saturated carbocycles. The highest BCUT2D eigenvalue weighted by atomic mass is 16.4. The molecule has 0 spiro atoms. The van der Waals surface area contributed by atoms with Gasteiger partial charge in [-0.1, -0.05) is 0 Å². The Balaban J connectivity index is 2.65. The zero-order valence-corrected chi connectivity index (χ0v) is 7.58. The zero-order chi connectivity index (χ0) is 9.35. The van der Waals surface area contributed by atoms with Crippen molar-refractivity contribution in [1.29, 1.82) is 0 Å². The van der Waals surface area contributed by atoms with Crippen LogP contribution in [0.4, 0.5) is 0 Å². The molecule has 2 atom stereocenters. The van der Waals surface area contributed by atoms with E-state index in [0.717, 1.165) is 13.0 Å². The van der Waals surface area contributed by atoms with E-state index < -0.39 is 11.5 Å². The molecule has 2 unspecified atom stereocenters. The van der Waals surface area contributed by atoms with Gasteiger partial charge in [0.1, 0.15) is 0 Å². The summed E-state index contributed by atoms with van der Waals surface area (Å²) in [5.74, 6) is -0.806. The number of likely N-dealkylation sites (tertiary alicyclic amines) is 1. The van der Waals surface area contributed by atoms with Crippen LogP contribution >= 0.6 is 0 Å². The van der Waals surface area contributed by atoms with Crippen LogP contribution in [0, 0.1) is 0 Å². The molecule has 0 aliphatic carbocycles. The highest BCUT2D eigenvalue weighted by Crippen LogP contribution is 2.27. The Morgan fingerprint density at radius 1 is 1.83 bits per heavy atom. The van der Waals surface area contributed by atoms with Gasteiger partial charge in [-0.25, -0.2) is 0 Å². The molecule has 4 heteroatoms. The van der Waals surface area contributed by atoms with E-state index in [0.29, 0.717) is 0 Å². The molecule has 1 heterocycles. The summed E-state index contributed by atoms with van der Waals surface area (Å²) in [4.78, 5) is 12.6. The molecule has 3 N–H and O–H groups in total. The number of carboxylic acid groups (broad SMARTS) is 1. The minimum atomic E-state index is -0.806. The van der Waals surface area contributed by atoms with Crippen molar-refractivity contribution in [3.8, 4) is 0 Å². The quantitative estimate of drug-likeness (QED) is 0.609. The molecule has 0 radical (unpaired) electrons. The average Bonchev–Trinajstić information content (AvgIpc) is 2.16. The third-order valence-corrected chi connectivity index (χ3v) is 2.90. The molecule has 4 nitrogen and oxygen atoms in total. The van der Waals surface area contributed by atoms with Gasteiger partial charge in [-0.2, -0.15) is 0 Å². The van der Waals surface area contributed by atoms with Crippen LogP contribution in [0.3, 0.4) is 0 Å². The lowest BCUT2D eigenvalue weighted by Crippen LogP contribution is -2.50. The zero-order valence-electron chi connectivity index (χ0n) is 7.58. The topological polar surface area (TPSA) is 66.6 Å². The van der Waals surface area contributed by atoms with Gasteiger partial charge in [0.25, 0.3) is 0 Å². The number of likely N-dealkylation sites (N-methyl/N-ethyl adjacent to an activating group) is 1. The summed E-state index contributed by atoms with van der Waals surface area (Å²) in [6, 6.07) is 0.161. The van der Waals surface area contributed by atoms with Gasteiger partial charge in [0.05, 0.1) is 6.42 Å². The second-order valence-electron chi connectivity index (χ2n) is 3.71. The van der Waals surface area contributed by atoms with Gasteiger partial charge >= 0.3 is 5.97 Å². The standard InChI is InChI=1S/C8H16N2O2/c1-6-8(9,5-7(11)12)3-4-10(6)2/h6H,3-5,9H2,1-2H3,(H,11,12). The summed E-state index contributed by atoms with van der Waals surface area (Å²) < 4.78 is 0. The smallest absolute Gasteiger partial charge is 0.305 e. The summed E-state index contributed by atoms with van der Waals surface area (Å²) in [6.07, 6.45) is 0.843. The molecule has 12 heavy (non-hydrogen) atoms. The number of nitrogens with two attached hydrogens (primary N) is 1. The summed E-state index contributed by atoms with van der Waals surface area (Å²) in [7, 11) is 1.97. The van der Waals surface area contributed by atoms with Crippen LogP contribution < -0.4 is 5.73 Å². The lowest BCUT2D eigenvalue weighted by molar-refractivity contribution is -0.138. The molecule has 1 fully saturated rings. The highest BCUT2D eigenvalue weighted by molar-refractivity contribution is 5.68. The van der Waals surface area contributed by atoms with Crippen molar-refractivity contribution in [2.45, 2.75) is 31.3 Å². The van der Waals surface area contributed by atoms with Crippen molar-refractivity contribution in [2.75, 3.05) is 13.6 Å². The summed E-state index contributed by atoms with van der Waals surface area (Å²) >= 11 is 0. The first kappa shape index (κ1) is 9.48. The Kier molecular flexibility index (Phi) is 2.39. The SMILES string of the molecule is CC1N(C)CCC1(N)CC(=O)O. The van der Waals surface area contributed by atoms with Crippen molar-refractivity contribution in [2.24, 2.45) is 5.73 Å². The van der Waals surface area contributed by atoms with Crippen LogP contribution in [-0.4, -0.2) is 41.1 Å². The van der Waals surface area contributed by atoms with Crippen molar-refractivity contribution in [1.82, 2.24) is 4.90 Å². The van der Waals surface area contributed by atoms with Crippen molar-refractivity contribution >= 4 is 5.97 Å². The maximum atomic E-state index is 10.5. The number of carboxylic acids is 1. The first-order valence-electron chi connectivity index (χ1n) is 4.16. The van der Waals surface area contributed by atoms with Crippen LogP contribution in [0.1, 0.15) is 19.8 Å². The van der Waals surface area contributed by atoms with Gasteiger partial charge < -0.3 is 15.7 Å². The van der Waals surface area contributed by atoms with Gasteiger partial charge in [0.2, 0.25) is 0 Å². The number of nitrogens with zero attached hydrogens (tertiary/aromatic N) is 1. The molecule has 70 valence electrons. The number of carbonyl (C=O) groups is 1. The van der Waals surface area contributed by atoms with E-state index in [1.54, 1.807) is 0 Å². The molecule has 1 saturated heterocycles. The van der Waals surface area contributed by atoms with E-state index in [-0.39, 0.29) is 12.5 Å². The van der Waals surface area contributed by atoms with E-state index >= 15 is 0 Å². The Morgan fingerprint density at radius 2 is 2.42 bits per heavy atom. The molecule has 0 bridgehead atoms. The number of aliphatic carboxylic acids is 1. The number of hydrogen-bond donors (Lipinski definition) is 2. The summed E-state index contributed by atoms with van der Waals surface area (Å²) in [6.45, 7) is 2.88. The molecular weight excluding hydrogens is 156 g/mol. The van der Waals surface area contributed by atoms with Gasteiger partial charge in [0.15, 0.2) is 0 Å². The minimum absolute atomic E-state index is 0.0680. The minimum Gasteiger partial charge on any atom is -0.481 e. The predicted molar refractivity (Wildman–Crippen MR) is 45.9 cm³/mol. The van der Waals surface area contributed by atoms with Crippen LogP contribution in [-0.2, 0) is 4.79 Å². The van der Waals surface area contributed by atoms with Crippen LogP contribution in [0.2, 0.25) is 0 Å². The first-order chi connectivity index (χ1) is 5.46. The fourth-order valence-corrected chi connectivity index (χ4v) is 1.74. The second kappa shape index (κ2) is 3.03. The Morgan fingerprint density at radius 3 is 2.75 bits per heavy atom. The fourth-order valence-electron chi connectivity index (χ4n) is 1.74. The number of hydrogen-bond acceptors (Lipinski definition) is 3. The van der Waals surface area contributed by atoms with Crippen molar-refractivity contribution < 1.29 is 9.90 Å². The second-order valence-corrected chi connectivity index (χ2v) is 3.71. The van der Waals surface area contributed by atoms with E-state index in [2.05, 4.69) is 4.90 Å². The largest absolute Gasteiger partial charge is 0.481 e. The third-order valence-electron chi connectivity index (χ3n) is 2.90. The lowest BCUT2D eigenvalue weighted by atomic mass is 9.89. The molecule has 1 aliphatic heterocycles. The first-order valence-corrected chi connectivity index (χ1v) is 4.16. The maximum absolute atomic E-state index is 10.5. The van der Waals surface area contributed by atoms with Gasteiger partial charge in [0, 0.05) is 18.1 Å². The Hall–Kier alpha value is -0.610. The average molecular weight is 172 g/mol. The monoisotopic (exact) mass is 172 g/mol. The van der Waals surface area contributed by atoms with Crippen molar-refractivity contribution in [3.05, 3.63) is 0 Å². The van der Waals surface area contributed by atoms with Crippen molar-refractivity contribution in [3.63, 3.8) is 0 Å². The van der Waals surface area contributed by atoms with E-state index in [1.807, 2.05) is 14.0 Å². The summed E-state index contributed by atoms with van der Waals surface area (Å²) in [5, 5.41) is 8.64. The van der Waals surface area contributed by atoms with E-state index in [1.165, 1.54) is 0 Å². The van der Waals surface area contributed by atoms with Gasteiger partial charge in [-0.15, -0.1) is 0 Å². The van der Waals surface area contributed by atoms with E-state index in [4.69, 9.17) is 10.8 Å². The Labute approximate surface area is 72.3 Å². The molecule has 0 amide bonds. The molecule has 1 rings (SSSR count). The third kappa shape index (κ3) is 1.59.